The van der Waals surface area contributed by atoms with Crippen LogP contribution in [0.3, 0.4) is 0 Å². The van der Waals surface area contributed by atoms with Gasteiger partial charge < -0.3 is 4.57 Å². The molecule has 18 heavy (non-hydrogen) atoms. The summed E-state index contributed by atoms with van der Waals surface area (Å²) in [6.45, 7) is 0. The Balaban J connectivity index is 2.11. The summed E-state index contributed by atoms with van der Waals surface area (Å²) in [7, 11) is 0. The van der Waals surface area contributed by atoms with E-state index in [2.05, 4.69) is 58.1 Å². The number of imidazole rings is 1. The van der Waals surface area contributed by atoms with E-state index in [9.17, 15) is 0 Å². The molecular weight excluding hydrogens is 220 g/mol. The summed E-state index contributed by atoms with van der Waals surface area (Å²) in [5, 5.41) is 0. The van der Waals surface area contributed by atoms with Gasteiger partial charge in [0.15, 0.2) is 0 Å². The number of nitrogens with zero attached hydrogens (tertiary/aromatic N) is 2. The van der Waals surface area contributed by atoms with E-state index in [0.29, 0.717) is 0 Å². The van der Waals surface area contributed by atoms with E-state index in [1.807, 2.05) is 30.9 Å². The molecule has 2 aromatic carbocycles. The average Bonchev–Trinajstić information content (AvgIpc) is 2.95. The minimum atomic E-state index is 0.190. The van der Waals surface area contributed by atoms with Crippen LogP contribution in [-0.2, 0) is 0 Å². The summed E-state index contributed by atoms with van der Waals surface area (Å²) in [6.07, 6.45) is 5.69. The van der Waals surface area contributed by atoms with Gasteiger partial charge in [-0.05, 0) is 11.1 Å². The zero-order valence-corrected chi connectivity index (χ0v) is 9.98. The predicted octanol–water partition coefficient (Wildman–Crippen LogP) is 3.52. The third-order valence-electron chi connectivity index (χ3n) is 3.05. The topological polar surface area (TPSA) is 17.8 Å². The number of hydrogen-bond donors (Lipinski definition) is 0. The second kappa shape index (κ2) is 4.88. The SMILES string of the molecule is c1ccc(C(c2ccccc2)n2ccnc2)cc1. The summed E-state index contributed by atoms with van der Waals surface area (Å²) in [5.41, 5.74) is 2.53. The van der Waals surface area contributed by atoms with Gasteiger partial charge in [0.2, 0.25) is 0 Å². The van der Waals surface area contributed by atoms with E-state index in [1.165, 1.54) is 11.1 Å². The van der Waals surface area contributed by atoms with Crippen LogP contribution >= 0.6 is 0 Å². The lowest BCUT2D eigenvalue weighted by Gasteiger charge is -2.19. The highest BCUT2D eigenvalue weighted by Gasteiger charge is 2.14. The molecule has 0 fully saturated rings. The molecule has 3 rings (SSSR count). The Kier molecular flexibility index (Phi) is 2.92. The molecule has 0 aliphatic heterocycles. The van der Waals surface area contributed by atoms with Gasteiger partial charge in [-0.1, -0.05) is 60.7 Å². The van der Waals surface area contributed by atoms with Crippen LogP contribution in [0, 0.1) is 0 Å². The van der Waals surface area contributed by atoms with Crippen LogP contribution in [0.1, 0.15) is 17.2 Å². The Labute approximate surface area is 107 Å². The van der Waals surface area contributed by atoms with Crippen molar-refractivity contribution in [2.75, 3.05) is 0 Å². The van der Waals surface area contributed by atoms with E-state index >= 15 is 0 Å². The molecule has 3 aromatic rings. The Bertz CT molecular complexity index is 546. The molecule has 0 bridgehead atoms. The lowest BCUT2D eigenvalue weighted by molar-refractivity contribution is 0.677. The first-order chi connectivity index (χ1) is 8.95. The fraction of sp³-hybridized carbons (Fsp3) is 0.0625. The second-order valence-corrected chi connectivity index (χ2v) is 4.23. The van der Waals surface area contributed by atoms with E-state index in [-0.39, 0.29) is 6.04 Å². The third-order valence-corrected chi connectivity index (χ3v) is 3.05. The molecule has 2 nitrogen and oxygen atoms in total. The van der Waals surface area contributed by atoms with Crippen molar-refractivity contribution in [1.82, 2.24) is 9.55 Å². The van der Waals surface area contributed by atoms with Crippen LogP contribution in [0.5, 0.6) is 0 Å². The molecule has 0 radical (unpaired) electrons. The minimum Gasteiger partial charge on any atom is -0.326 e. The van der Waals surface area contributed by atoms with Gasteiger partial charge >= 0.3 is 0 Å². The van der Waals surface area contributed by atoms with Crippen LogP contribution in [0.2, 0.25) is 0 Å². The Hall–Kier alpha value is -2.35. The van der Waals surface area contributed by atoms with Crippen LogP contribution < -0.4 is 0 Å². The van der Waals surface area contributed by atoms with Gasteiger partial charge in [-0.15, -0.1) is 0 Å². The summed E-state index contributed by atoms with van der Waals surface area (Å²) in [6, 6.07) is 21.2. The molecule has 0 saturated heterocycles. The molecule has 0 spiro atoms. The molecule has 1 aromatic heterocycles. The smallest absolute Gasteiger partial charge is 0.0954 e. The van der Waals surface area contributed by atoms with E-state index in [0.717, 1.165) is 0 Å². The highest BCUT2D eigenvalue weighted by Crippen LogP contribution is 2.25. The highest BCUT2D eigenvalue weighted by molar-refractivity contribution is 5.32. The molecule has 0 saturated carbocycles. The van der Waals surface area contributed by atoms with Gasteiger partial charge in [-0.25, -0.2) is 4.98 Å². The zero-order valence-electron chi connectivity index (χ0n) is 9.98. The fourth-order valence-electron chi connectivity index (χ4n) is 2.23. The van der Waals surface area contributed by atoms with Gasteiger partial charge in [0.25, 0.3) is 0 Å². The van der Waals surface area contributed by atoms with Crippen molar-refractivity contribution in [3.8, 4) is 0 Å². The predicted molar refractivity (Wildman–Crippen MR) is 72.4 cm³/mol. The van der Waals surface area contributed by atoms with Crippen molar-refractivity contribution >= 4 is 0 Å². The zero-order chi connectivity index (χ0) is 12.2. The number of rotatable bonds is 3. The molecule has 0 unspecified atom stereocenters. The first-order valence-electron chi connectivity index (χ1n) is 6.02. The van der Waals surface area contributed by atoms with E-state index in [4.69, 9.17) is 0 Å². The number of hydrogen-bond acceptors (Lipinski definition) is 1. The molecule has 1 heterocycles. The largest absolute Gasteiger partial charge is 0.326 e. The van der Waals surface area contributed by atoms with Crippen molar-refractivity contribution in [1.29, 1.82) is 0 Å². The first kappa shape index (κ1) is 10.8. The summed E-state index contributed by atoms with van der Waals surface area (Å²) in [5.74, 6) is 0. The van der Waals surface area contributed by atoms with Gasteiger partial charge in [0, 0.05) is 12.4 Å². The molecule has 88 valence electrons. The summed E-state index contributed by atoms with van der Waals surface area (Å²) >= 11 is 0. The summed E-state index contributed by atoms with van der Waals surface area (Å²) < 4.78 is 2.13. The molecule has 2 heteroatoms. The molecule has 0 N–H and O–H groups in total. The van der Waals surface area contributed by atoms with Gasteiger partial charge in [-0.2, -0.15) is 0 Å². The van der Waals surface area contributed by atoms with E-state index < -0.39 is 0 Å². The Morgan fingerprint density at radius 1 is 0.778 bits per heavy atom. The highest BCUT2D eigenvalue weighted by atomic mass is 15.0. The monoisotopic (exact) mass is 234 g/mol. The quantitative estimate of drug-likeness (QED) is 0.678. The maximum Gasteiger partial charge on any atom is 0.0954 e. The van der Waals surface area contributed by atoms with E-state index in [1.54, 1.807) is 0 Å². The minimum absolute atomic E-state index is 0.190. The normalized spacial score (nSPS) is 10.7. The molecule has 0 amide bonds. The standard InChI is InChI=1S/C16H14N2/c1-3-7-14(8-4-1)16(18-12-11-17-13-18)15-9-5-2-6-10-15/h1-13,16H. The van der Waals surface area contributed by atoms with Gasteiger partial charge in [0.1, 0.15) is 0 Å². The number of benzene rings is 2. The van der Waals surface area contributed by atoms with Crippen molar-refractivity contribution in [3.05, 3.63) is 90.5 Å². The maximum absolute atomic E-state index is 4.16. The third kappa shape index (κ3) is 2.05. The average molecular weight is 234 g/mol. The first-order valence-corrected chi connectivity index (χ1v) is 6.02. The number of aromatic nitrogens is 2. The Morgan fingerprint density at radius 3 is 1.78 bits per heavy atom. The van der Waals surface area contributed by atoms with Crippen molar-refractivity contribution in [2.45, 2.75) is 6.04 Å². The maximum atomic E-state index is 4.16. The molecule has 0 aliphatic rings. The Morgan fingerprint density at radius 2 is 1.33 bits per heavy atom. The lowest BCUT2D eigenvalue weighted by atomic mass is 9.99. The molecule has 0 atom stereocenters. The van der Waals surface area contributed by atoms with Crippen molar-refractivity contribution in [2.24, 2.45) is 0 Å². The second-order valence-electron chi connectivity index (χ2n) is 4.23. The lowest BCUT2D eigenvalue weighted by Crippen LogP contribution is -2.10. The van der Waals surface area contributed by atoms with Crippen molar-refractivity contribution in [3.63, 3.8) is 0 Å². The molecule has 0 aliphatic carbocycles. The summed E-state index contributed by atoms with van der Waals surface area (Å²) in [4.78, 5) is 4.16. The van der Waals surface area contributed by atoms with Crippen LogP contribution in [0.4, 0.5) is 0 Å². The van der Waals surface area contributed by atoms with Crippen LogP contribution in [0.15, 0.2) is 79.4 Å². The van der Waals surface area contributed by atoms with Crippen molar-refractivity contribution < 1.29 is 0 Å². The molecular formula is C16H14N2. The fourth-order valence-corrected chi connectivity index (χ4v) is 2.23. The van der Waals surface area contributed by atoms with Gasteiger partial charge in [0.05, 0.1) is 12.4 Å². The van der Waals surface area contributed by atoms with Crippen LogP contribution in [0.25, 0.3) is 0 Å². The van der Waals surface area contributed by atoms with Gasteiger partial charge in [-0.3, -0.25) is 0 Å². The van der Waals surface area contributed by atoms with Crippen LogP contribution in [-0.4, -0.2) is 9.55 Å².